The van der Waals surface area contributed by atoms with Crippen molar-refractivity contribution in [1.29, 1.82) is 0 Å². The van der Waals surface area contributed by atoms with Gasteiger partial charge >= 0.3 is 5.97 Å². The van der Waals surface area contributed by atoms with Gasteiger partial charge in [0.05, 0.1) is 13.7 Å². The third kappa shape index (κ3) is 4.17. The summed E-state index contributed by atoms with van der Waals surface area (Å²) in [6, 6.07) is 11.9. The van der Waals surface area contributed by atoms with Crippen molar-refractivity contribution >= 4 is 17.3 Å². The minimum absolute atomic E-state index is 0.224. The fourth-order valence-electron chi connectivity index (χ4n) is 3.14. The third-order valence-electron chi connectivity index (χ3n) is 4.44. The predicted octanol–water partition coefficient (Wildman–Crippen LogP) is 4.61. The van der Waals surface area contributed by atoms with Crippen molar-refractivity contribution in [2.45, 2.75) is 32.4 Å². The minimum atomic E-state index is -0.861. The maximum atomic E-state index is 13.1. The molecule has 0 radical (unpaired) electrons. The molecule has 0 bridgehead atoms. The van der Waals surface area contributed by atoms with E-state index in [0.29, 0.717) is 26.1 Å². The number of methoxy groups -OCH3 is 1. The normalized spacial score (nSPS) is 13.2. The standard InChI is InChI=1S/C21H27NO3S/c1-5-14-21(20(23)25-7-3,19-9-8-15-26-19)22(6-2)16-17-10-12-18(24-4)13-11-17/h5,8-13,15H,1,6-7,14,16H2,2-4H3. The molecule has 2 aromatic rings. The van der Waals surface area contributed by atoms with Crippen LogP contribution in [-0.2, 0) is 21.6 Å². The van der Waals surface area contributed by atoms with E-state index in [0.717, 1.165) is 16.2 Å². The molecular formula is C21H27NO3S. The number of hydrogen-bond donors (Lipinski definition) is 0. The lowest BCUT2D eigenvalue weighted by Crippen LogP contribution is -2.51. The maximum Gasteiger partial charge on any atom is 0.332 e. The summed E-state index contributed by atoms with van der Waals surface area (Å²) >= 11 is 1.57. The Morgan fingerprint density at radius 2 is 2.00 bits per heavy atom. The summed E-state index contributed by atoms with van der Waals surface area (Å²) in [4.78, 5) is 16.3. The lowest BCUT2D eigenvalue weighted by Gasteiger charge is -2.40. The molecule has 1 atom stereocenters. The van der Waals surface area contributed by atoms with E-state index >= 15 is 0 Å². The number of esters is 1. The number of nitrogens with zero attached hydrogens (tertiary/aromatic N) is 1. The van der Waals surface area contributed by atoms with Gasteiger partial charge in [-0.3, -0.25) is 4.90 Å². The Morgan fingerprint density at radius 1 is 1.27 bits per heavy atom. The molecule has 1 aromatic carbocycles. The first-order valence-corrected chi connectivity index (χ1v) is 9.70. The van der Waals surface area contributed by atoms with Gasteiger partial charge in [0, 0.05) is 11.4 Å². The predicted molar refractivity (Wildman–Crippen MR) is 107 cm³/mol. The van der Waals surface area contributed by atoms with Crippen LogP contribution < -0.4 is 4.74 Å². The lowest BCUT2D eigenvalue weighted by atomic mass is 9.90. The molecule has 0 amide bonds. The average molecular weight is 374 g/mol. The van der Waals surface area contributed by atoms with Crippen molar-refractivity contribution in [1.82, 2.24) is 4.90 Å². The quantitative estimate of drug-likeness (QED) is 0.450. The van der Waals surface area contributed by atoms with Crippen LogP contribution in [0.15, 0.2) is 54.4 Å². The van der Waals surface area contributed by atoms with Gasteiger partial charge in [0.25, 0.3) is 0 Å². The number of benzene rings is 1. The van der Waals surface area contributed by atoms with E-state index in [9.17, 15) is 4.79 Å². The molecule has 0 fully saturated rings. The molecule has 0 saturated heterocycles. The van der Waals surface area contributed by atoms with Crippen molar-refractivity contribution in [2.24, 2.45) is 0 Å². The lowest BCUT2D eigenvalue weighted by molar-refractivity contribution is -0.159. The zero-order valence-corrected chi connectivity index (χ0v) is 16.6. The molecule has 0 aliphatic carbocycles. The van der Waals surface area contributed by atoms with E-state index in [2.05, 4.69) is 18.4 Å². The topological polar surface area (TPSA) is 38.8 Å². The smallest absolute Gasteiger partial charge is 0.332 e. The van der Waals surface area contributed by atoms with Gasteiger partial charge in [0.15, 0.2) is 5.54 Å². The molecule has 0 aliphatic rings. The summed E-state index contributed by atoms with van der Waals surface area (Å²) in [6.45, 7) is 9.49. The third-order valence-corrected chi connectivity index (χ3v) is 5.46. The second-order valence-corrected chi connectivity index (χ2v) is 6.86. The summed E-state index contributed by atoms with van der Waals surface area (Å²) in [5.41, 5.74) is 0.252. The number of carbonyl (C=O) groups excluding carboxylic acids is 1. The zero-order chi connectivity index (χ0) is 19.0. The van der Waals surface area contributed by atoms with E-state index in [1.54, 1.807) is 24.5 Å². The Kier molecular flexibility index (Phi) is 7.42. The summed E-state index contributed by atoms with van der Waals surface area (Å²) in [7, 11) is 1.65. The molecule has 0 saturated carbocycles. The van der Waals surface area contributed by atoms with Gasteiger partial charge in [-0.1, -0.05) is 31.2 Å². The molecular weight excluding hydrogens is 346 g/mol. The first kappa shape index (κ1) is 20.2. The highest BCUT2D eigenvalue weighted by Crippen LogP contribution is 2.38. The van der Waals surface area contributed by atoms with Crippen LogP contribution in [0.5, 0.6) is 5.75 Å². The fraction of sp³-hybridized carbons (Fsp3) is 0.381. The largest absolute Gasteiger partial charge is 0.497 e. The SMILES string of the molecule is C=CCC(C(=O)OCC)(c1cccs1)N(CC)Cc1ccc(OC)cc1. The van der Waals surface area contributed by atoms with Crippen LogP contribution >= 0.6 is 11.3 Å². The van der Waals surface area contributed by atoms with Crippen molar-refractivity contribution in [3.05, 3.63) is 64.9 Å². The highest BCUT2D eigenvalue weighted by atomic mass is 32.1. The van der Waals surface area contributed by atoms with Gasteiger partial charge in [0.2, 0.25) is 0 Å². The molecule has 4 nitrogen and oxygen atoms in total. The van der Waals surface area contributed by atoms with Crippen LogP contribution in [0, 0.1) is 0 Å². The first-order chi connectivity index (χ1) is 12.6. The van der Waals surface area contributed by atoms with Crippen molar-refractivity contribution in [3.63, 3.8) is 0 Å². The van der Waals surface area contributed by atoms with Gasteiger partial charge in [0.1, 0.15) is 5.75 Å². The van der Waals surface area contributed by atoms with Crippen LogP contribution in [0.25, 0.3) is 0 Å². The molecule has 5 heteroatoms. The number of carbonyl (C=O) groups is 1. The molecule has 1 unspecified atom stereocenters. The molecule has 26 heavy (non-hydrogen) atoms. The summed E-state index contributed by atoms with van der Waals surface area (Å²) < 4.78 is 10.7. The van der Waals surface area contributed by atoms with Crippen LogP contribution in [-0.4, -0.2) is 31.1 Å². The molecule has 140 valence electrons. The van der Waals surface area contributed by atoms with Crippen LogP contribution in [0.1, 0.15) is 30.7 Å². The molecule has 0 N–H and O–H groups in total. The van der Waals surface area contributed by atoms with Gasteiger partial charge < -0.3 is 9.47 Å². The van der Waals surface area contributed by atoms with Gasteiger partial charge in [-0.25, -0.2) is 4.79 Å². The number of hydrogen-bond acceptors (Lipinski definition) is 5. The zero-order valence-electron chi connectivity index (χ0n) is 15.7. The van der Waals surface area contributed by atoms with Crippen molar-refractivity contribution in [2.75, 3.05) is 20.3 Å². The maximum absolute atomic E-state index is 13.1. The Morgan fingerprint density at radius 3 is 2.50 bits per heavy atom. The van der Waals surface area contributed by atoms with E-state index < -0.39 is 5.54 Å². The van der Waals surface area contributed by atoms with Gasteiger partial charge in [-0.15, -0.1) is 17.9 Å². The van der Waals surface area contributed by atoms with Crippen molar-refractivity contribution in [3.8, 4) is 5.75 Å². The van der Waals surface area contributed by atoms with E-state index in [4.69, 9.17) is 9.47 Å². The summed E-state index contributed by atoms with van der Waals surface area (Å²) in [6.07, 6.45) is 2.30. The van der Waals surface area contributed by atoms with E-state index in [1.807, 2.05) is 48.7 Å². The molecule has 0 aliphatic heterocycles. The number of likely N-dealkylation sites (N-methyl/N-ethyl adjacent to an activating group) is 1. The van der Waals surface area contributed by atoms with Crippen LogP contribution in [0.4, 0.5) is 0 Å². The molecule has 0 spiro atoms. The number of thiophene rings is 1. The first-order valence-electron chi connectivity index (χ1n) is 8.82. The Balaban J connectivity index is 2.45. The molecule has 1 heterocycles. The average Bonchev–Trinajstić information content (AvgIpc) is 3.20. The van der Waals surface area contributed by atoms with Gasteiger partial charge in [-0.05, 0) is 49.0 Å². The van der Waals surface area contributed by atoms with E-state index in [1.165, 1.54) is 0 Å². The number of rotatable bonds is 10. The molecule has 1 aromatic heterocycles. The Bertz CT molecular complexity index is 697. The van der Waals surface area contributed by atoms with Gasteiger partial charge in [-0.2, -0.15) is 0 Å². The Hall–Kier alpha value is -2.11. The second kappa shape index (κ2) is 9.55. The fourth-order valence-corrected chi connectivity index (χ4v) is 4.09. The minimum Gasteiger partial charge on any atom is -0.497 e. The highest BCUT2D eigenvalue weighted by molar-refractivity contribution is 7.10. The van der Waals surface area contributed by atoms with Crippen LogP contribution in [0.3, 0.4) is 0 Å². The van der Waals surface area contributed by atoms with E-state index in [-0.39, 0.29) is 5.97 Å². The number of ether oxygens (including phenoxy) is 2. The highest BCUT2D eigenvalue weighted by Gasteiger charge is 2.46. The van der Waals surface area contributed by atoms with Crippen molar-refractivity contribution < 1.29 is 14.3 Å². The summed E-state index contributed by atoms with van der Waals surface area (Å²) in [5.74, 6) is 0.593. The molecule has 2 rings (SSSR count). The monoisotopic (exact) mass is 373 g/mol. The summed E-state index contributed by atoms with van der Waals surface area (Å²) in [5, 5.41) is 1.99. The van der Waals surface area contributed by atoms with Crippen LogP contribution in [0.2, 0.25) is 0 Å². The second-order valence-electron chi connectivity index (χ2n) is 5.91. The Labute approximate surface area is 160 Å².